The number of aryl methyl sites for hydroxylation is 2. The number of hydrogen-bond acceptors (Lipinski definition) is 5. The average Bonchev–Trinajstić information content (AvgIpc) is 3.30. The molecular formula is C23H26N6O. The van der Waals surface area contributed by atoms with Gasteiger partial charge < -0.3 is 10.4 Å². The SMILES string of the molecule is Cc1nn(C)cc1-c1cc(-c2cnc3ccc(NC4CCCC(O)C4)cn23)ccn1. The van der Waals surface area contributed by atoms with Crippen LogP contribution in [0.3, 0.4) is 0 Å². The Kier molecular flexibility index (Phi) is 4.75. The Labute approximate surface area is 175 Å². The minimum absolute atomic E-state index is 0.199. The summed E-state index contributed by atoms with van der Waals surface area (Å²) < 4.78 is 3.92. The monoisotopic (exact) mass is 402 g/mol. The van der Waals surface area contributed by atoms with Crippen molar-refractivity contribution in [1.29, 1.82) is 0 Å². The predicted octanol–water partition coefficient (Wildman–Crippen LogP) is 3.82. The molecule has 0 bridgehead atoms. The molecule has 2 N–H and O–H groups in total. The molecule has 1 fully saturated rings. The van der Waals surface area contributed by atoms with Crippen molar-refractivity contribution in [1.82, 2.24) is 24.1 Å². The van der Waals surface area contributed by atoms with Gasteiger partial charge in [-0.05, 0) is 56.9 Å². The van der Waals surface area contributed by atoms with E-state index >= 15 is 0 Å². The molecule has 1 saturated carbocycles. The summed E-state index contributed by atoms with van der Waals surface area (Å²) in [7, 11) is 1.92. The van der Waals surface area contributed by atoms with Crippen LogP contribution in [0.2, 0.25) is 0 Å². The summed E-state index contributed by atoms with van der Waals surface area (Å²) in [6, 6.07) is 8.49. The number of rotatable bonds is 4. The smallest absolute Gasteiger partial charge is 0.137 e. The van der Waals surface area contributed by atoms with Gasteiger partial charge in [0.05, 0.1) is 35.1 Å². The van der Waals surface area contributed by atoms with Crippen LogP contribution < -0.4 is 5.32 Å². The molecule has 7 heteroatoms. The van der Waals surface area contributed by atoms with Crippen LogP contribution in [0.4, 0.5) is 5.69 Å². The van der Waals surface area contributed by atoms with Crippen molar-refractivity contribution in [2.45, 2.75) is 44.8 Å². The normalized spacial score (nSPS) is 19.3. The number of fused-ring (bicyclic) bond motifs is 1. The summed E-state index contributed by atoms with van der Waals surface area (Å²) in [4.78, 5) is 9.13. The molecule has 5 rings (SSSR count). The van der Waals surface area contributed by atoms with Gasteiger partial charge in [0.25, 0.3) is 0 Å². The zero-order valence-electron chi connectivity index (χ0n) is 17.3. The Morgan fingerprint density at radius 2 is 2.03 bits per heavy atom. The van der Waals surface area contributed by atoms with Gasteiger partial charge in [-0.25, -0.2) is 4.98 Å². The molecule has 4 heterocycles. The van der Waals surface area contributed by atoms with Crippen LogP contribution in [0.25, 0.3) is 28.2 Å². The summed E-state index contributed by atoms with van der Waals surface area (Å²) in [5, 5.41) is 18.0. The zero-order valence-corrected chi connectivity index (χ0v) is 17.3. The number of pyridine rings is 2. The molecule has 154 valence electrons. The van der Waals surface area contributed by atoms with Gasteiger partial charge in [0.15, 0.2) is 0 Å². The molecule has 4 aromatic rings. The second-order valence-electron chi connectivity index (χ2n) is 8.18. The van der Waals surface area contributed by atoms with Gasteiger partial charge in [0.1, 0.15) is 5.65 Å². The molecule has 0 saturated heterocycles. The fraction of sp³-hybridized carbons (Fsp3) is 0.348. The lowest BCUT2D eigenvalue weighted by atomic mass is 9.93. The Bertz CT molecular complexity index is 1190. The summed E-state index contributed by atoms with van der Waals surface area (Å²) in [5.74, 6) is 0. The van der Waals surface area contributed by atoms with Crippen LogP contribution in [0.1, 0.15) is 31.4 Å². The number of aliphatic hydroxyl groups is 1. The Morgan fingerprint density at radius 1 is 1.13 bits per heavy atom. The first-order valence-electron chi connectivity index (χ1n) is 10.5. The summed E-state index contributed by atoms with van der Waals surface area (Å²) in [6.07, 6.45) is 11.5. The predicted molar refractivity (Wildman–Crippen MR) is 117 cm³/mol. The molecule has 1 aliphatic carbocycles. The third-order valence-electron chi connectivity index (χ3n) is 5.87. The standard InChI is InChI=1S/C23H26N6O/c1-15-20(14-28(2)27-15)21-10-16(8-9-24-21)22-12-25-23-7-6-18(13-29(22)23)26-17-4-3-5-19(30)11-17/h6-10,12-14,17,19,26,30H,3-5,11H2,1-2H3. The van der Waals surface area contributed by atoms with Crippen LogP contribution in [0.5, 0.6) is 0 Å². The van der Waals surface area contributed by atoms with Crippen LogP contribution in [0, 0.1) is 6.92 Å². The number of aliphatic hydroxyl groups excluding tert-OH is 1. The van der Waals surface area contributed by atoms with Crippen LogP contribution in [-0.2, 0) is 7.05 Å². The molecular weight excluding hydrogens is 376 g/mol. The van der Waals surface area contributed by atoms with Crippen molar-refractivity contribution in [3.8, 4) is 22.5 Å². The number of aromatic nitrogens is 5. The van der Waals surface area contributed by atoms with Crippen molar-refractivity contribution in [3.05, 3.63) is 54.7 Å². The quantitative estimate of drug-likeness (QED) is 0.542. The molecule has 0 radical (unpaired) electrons. The molecule has 30 heavy (non-hydrogen) atoms. The van der Waals surface area contributed by atoms with Gasteiger partial charge in [-0.2, -0.15) is 5.10 Å². The van der Waals surface area contributed by atoms with Gasteiger partial charge in [0.2, 0.25) is 0 Å². The Hall–Kier alpha value is -3.19. The minimum Gasteiger partial charge on any atom is -0.393 e. The first kappa shape index (κ1) is 18.8. The highest BCUT2D eigenvalue weighted by Crippen LogP contribution is 2.28. The highest BCUT2D eigenvalue weighted by atomic mass is 16.3. The molecule has 7 nitrogen and oxygen atoms in total. The number of anilines is 1. The number of nitrogens with one attached hydrogen (secondary N) is 1. The molecule has 2 atom stereocenters. The highest BCUT2D eigenvalue weighted by Gasteiger charge is 2.20. The summed E-state index contributed by atoms with van der Waals surface area (Å²) in [5.41, 5.74) is 6.91. The molecule has 0 aliphatic heterocycles. The maximum absolute atomic E-state index is 9.96. The molecule has 0 spiro atoms. The number of nitrogens with zero attached hydrogens (tertiary/aromatic N) is 5. The molecule has 2 unspecified atom stereocenters. The summed E-state index contributed by atoms with van der Waals surface area (Å²) in [6.45, 7) is 2.00. The second kappa shape index (κ2) is 7.57. The first-order valence-corrected chi connectivity index (χ1v) is 10.5. The van der Waals surface area contributed by atoms with Crippen molar-refractivity contribution in [3.63, 3.8) is 0 Å². The van der Waals surface area contributed by atoms with Crippen LogP contribution in [-0.4, -0.2) is 41.4 Å². The fourth-order valence-corrected chi connectivity index (χ4v) is 4.40. The summed E-state index contributed by atoms with van der Waals surface area (Å²) >= 11 is 0. The van der Waals surface area contributed by atoms with E-state index in [1.165, 1.54) is 0 Å². The second-order valence-corrected chi connectivity index (χ2v) is 8.18. The van der Waals surface area contributed by atoms with Crippen molar-refractivity contribution in [2.24, 2.45) is 7.05 Å². The van der Waals surface area contributed by atoms with E-state index in [1.807, 2.05) is 49.4 Å². The van der Waals surface area contributed by atoms with E-state index in [0.717, 1.165) is 65.2 Å². The van der Waals surface area contributed by atoms with E-state index in [2.05, 4.69) is 43.1 Å². The Balaban J connectivity index is 1.49. The third kappa shape index (κ3) is 3.57. The van der Waals surface area contributed by atoms with Crippen molar-refractivity contribution in [2.75, 3.05) is 5.32 Å². The third-order valence-corrected chi connectivity index (χ3v) is 5.87. The lowest BCUT2D eigenvalue weighted by Gasteiger charge is -2.27. The van der Waals surface area contributed by atoms with Crippen LogP contribution in [0.15, 0.2) is 49.1 Å². The van der Waals surface area contributed by atoms with Gasteiger partial charge >= 0.3 is 0 Å². The number of hydrogen-bond donors (Lipinski definition) is 2. The molecule has 1 aliphatic rings. The lowest BCUT2D eigenvalue weighted by Crippen LogP contribution is -2.29. The first-order chi connectivity index (χ1) is 14.6. The largest absolute Gasteiger partial charge is 0.393 e. The maximum atomic E-state index is 9.96. The van der Waals surface area contributed by atoms with E-state index in [1.54, 1.807) is 0 Å². The molecule has 0 aromatic carbocycles. The highest BCUT2D eigenvalue weighted by molar-refractivity contribution is 5.71. The van der Waals surface area contributed by atoms with Gasteiger partial charge in [0, 0.05) is 42.8 Å². The van der Waals surface area contributed by atoms with E-state index in [-0.39, 0.29) is 6.10 Å². The van der Waals surface area contributed by atoms with Gasteiger partial charge in [-0.1, -0.05) is 0 Å². The van der Waals surface area contributed by atoms with Gasteiger partial charge in [-0.3, -0.25) is 14.1 Å². The Morgan fingerprint density at radius 3 is 2.83 bits per heavy atom. The number of imidazole rings is 1. The van der Waals surface area contributed by atoms with E-state index in [9.17, 15) is 5.11 Å². The topological polar surface area (TPSA) is 80.3 Å². The van der Waals surface area contributed by atoms with Gasteiger partial charge in [-0.15, -0.1) is 0 Å². The fourth-order valence-electron chi connectivity index (χ4n) is 4.40. The van der Waals surface area contributed by atoms with E-state index in [4.69, 9.17) is 0 Å². The average molecular weight is 403 g/mol. The maximum Gasteiger partial charge on any atom is 0.137 e. The molecule has 0 amide bonds. The molecule has 4 aromatic heterocycles. The van der Waals surface area contributed by atoms with Crippen LogP contribution >= 0.6 is 0 Å². The van der Waals surface area contributed by atoms with Crippen molar-refractivity contribution < 1.29 is 5.11 Å². The van der Waals surface area contributed by atoms with Crippen molar-refractivity contribution >= 4 is 11.3 Å². The lowest BCUT2D eigenvalue weighted by molar-refractivity contribution is 0.124. The minimum atomic E-state index is -0.199. The van der Waals surface area contributed by atoms with E-state index < -0.39 is 0 Å². The zero-order chi connectivity index (χ0) is 20.7. The van der Waals surface area contributed by atoms with E-state index in [0.29, 0.717) is 6.04 Å².